The average molecular weight is 758 g/mol. The minimum absolute atomic E-state index is 0.0172. The number of anilines is 1. The number of amides is 3. The molecule has 1 aromatic carbocycles. The van der Waals surface area contributed by atoms with Gasteiger partial charge in [0.1, 0.15) is 47.1 Å². The van der Waals surface area contributed by atoms with Crippen LogP contribution >= 0.6 is 0 Å². The lowest BCUT2D eigenvalue weighted by atomic mass is 9.85. The highest BCUT2D eigenvalue weighted by Gasteiger charge is 2.61. The Bertz CT molecular complexity index is 2000. The number of rotatable bonds is 13. The summed E-state index contributed by atoms with van der Waals surface area (Å²) in [7, 11) is 1.57. The topological polar surface area (TPSA) is 186 Å². The molecule has 0 bridgehead atoms. The molecule has 3 aliphatic carbocycles. The van der Waals surface area contributed by atoms with Crippen LogP contribution in [-0.4, -0.2) is 98.2 Å². The number of pyridine rings is 1. The van der Waals surface area contributed by atoms with Gasteiger partial charge >= 0.3 is 12.1 Å². The summed E-state index contributed by atoms with van der Waals surface area (Å²) in [5.41, 5.74) is -1.71. The number of carboxylic acids is 1. The Hall–Kier alpha value is -5.34. The minimum Gasteiger partial charge on any atom is -0.497 e. The van der Waals surface area contributed by atoms with Crippen LogP contribution in [0.25, 0.3) is 16.7 Å². The number of aliphatic carboxylic acids is 1. The molecule has 8 atom stereocenters. The lowest BCUT2D eigenvalue weighted by molar-refractivity contribution is -0.146. The summed E-state index contributed by atoms with van der Waals surface area (Å²) in [4.78, 5) is 60.6. The number of methoxy groups -OCH3 is 1. The fraction of sp³-hybridized carbons (Fsp3) is 0.550. The molecule has 55 heavy (non-hydrogen) atoms. The molecular formula is C40H51N7O8. The number of nitrogens with one attached hydrogen (secondary N) is 3. The summed E-state index contributed by atoms with van der Waals surface area (Å²) in [5.74, 6) is 0.624. The molecular weight excluding hydrogens is 706 g/mol. The van der Waals surface area contributed by atoms with Crippen molar-refractivity contribution in [1.29, 1.82) is 0 Å². The van der Waals surface area contributed by atoms with Crippen molar-refractivity contribution in [3.8, 4) is 17.3 Å². The van der Waals surface area contributed by atoms with Gasteiger partial charge in [-0.25, -0.2) is 19.3 Å². The number of benzene rings is 1. The van der Waals surface area contributed by atoms with Gasteiger partial charge in [0.25, 0.3) is 0 Å². The lowest BCUT2D eigenvalue weighted by Crippen LogP contribution is -2.59. The third kappa shape index (κ3) is 7.78. The predicted molar refractivity (Wildman–Crippen MR) is 203 cm³/mol. The van der Waals surface area contributed by atoms with Crippen LogP contribution in [0.5, 0.6) is 11.5 Å². The molecule has 294 valence electrons. The van der Waals surface area contributed by atoms with Crippen LogP contribution in [0.15, 0.2) is 49.2 Å². The molecule has 1 saturated heterocycles. The number of ether oxygens (including phenoxy) is 3. The Balaban J connectivity index is 1.19. The Labute approximate surface area is 320 Å². The second-order valence-electron chi connectivity index (χ2n) is 16.8. The van der Waals surface area contributed by atoms with Crippen molar-refractivity contribution in [3.63, 3.8) is 0 Å². The van der Waals surface area contributed by atoms with Gasteiger partial charge in [-0.05, 0) is 68.9 Å². The van der Waals surface area contributed by atoms with E-state index >= 15 is 0 Å². The number of carbonyl (C=O) groups excluding carboxylic acids is 3. The molecule has 15 heteroatoms. The fourth-order valence-electron chi connectivity index (χ4n) is 8.08. The Morgan fingerprint density at radius 2 is 1.80 bits per heavy atom. The number of nitrogens with zero attached hydrogens (tertiary/aromatic N) is 4. The molecule has 7 rings (SSSR count). The van der Waals surface area contributed by atoms with Gasteiger partial charge in [0.05, 0.1) is 19.2 Å². The number of hydrogen-bond acceptors (Lipinski definition) is 10. The van der Waals surface area contributed by atoms with Crippen LogP contribution in [0.3, 0.4) is 0 Å². The zero-order valence-electron chi connectivity index (χ0n) is 32.2. The number of aromatic nitrogens is 3. The minimum atomic E-state index is -1.51. The number of hydrogen-bond donors (Lipinski definition) is 4. The molecule has 4 aliphatic rings. The van der Waals surface area contributed by atoms with Gasteiger partial charge < -0.3 is 40.2 Å². The van der Waals surface area contributed by atoms with Gasteiger partial charge in [0.15, 0.2) is 5.82 Å². The highest BCUT2D eigenvalue weighted by Crippen LogP contribution is 2.52. The van der Waals surface area contributed by atoms with E-state index in [4.69, 9.17) is 19.2 Å². The maximum atomic E-state index is 14.6. The van der Waals surface area contributed by atoms with Gasteiger partial charge in [0, 0.05) is 48.2 Å². The first-order valence-electron chi connectivity index (χ1n) is 19.0. The zero-order chi connectivity index (χ0) is 39.4. The van der Waals surface area contributed by atoms with Crippen LogP contribution in [0.4, 0.5) is 10.6 Å². The lowest BCUT2D eigenvalue weighted by Gasteiger charge is -2.35. The summed E-state index contributed by atoms with van der Waals surface area (Å²) in [6.07, 6.45) is 4.79. The molecule has 3 saturated carbocycles. The number of likely N-dealkylation sites (tertiary alicyclic amines) is 1. The van der Waals surface area contributed by atoms with E-state index in [1.807, 2.05) is 46.8 Å². The first kappa shape index (κ1) is 38.0. The molecule has 3 heterocycles. The summed E-state index contributed by atoms with van der Waals surface area (Å²) in [6.45, 7) is 13.2. The average Bonchev–Trinajstić information content (AvgIpc) is 3.79. The molecule has 1 aliphatic heterocycles. The van der Waals surface area contributed by atoms with Crippen molar-refractivity contribution in [2.24, 2.45) is 23.2 Å². The highest BCUT2D eigenvalue weighted by molar-refractivity contribution is 5.96. The molecule has 3 aromatic rings. The van der Waals surface area contributed by atoms with Crippen LogP contribution < -0.4 is 25.4 Å². The summed E-state index contributed by atoms with van der Waals surface area (Å²) in [5, 5.41) is 24.2. The van der Waals surface area contributed by atoms with Crippen LogP contribution in [0, 0.1) is 23.2 Å². The van der Waals surface area contributed by atoms with E-state index < -0.39 is 58.9 Å². The normalized spacial score (nSPS) is 27.2. The van der Waals surface area contributed by atoms with Gasteiger partial charge in [-0.1, -0.05) is 26.8 Å². The molecule has 15 nitrogen and oxygen atoms in total. The van der Waals surface area contributed by atoms with Crippen molar-refractivity contribution >= 4 is 40.6 Å². The number of fused-ring (bicyclic) bond motifs is 2. The molecule has 0 radical (unpaired) electrons. The van der Waals surface area contributed by atoms with Crippen molar-refractivity contribution in [2.45, 2.75) is 103 Å². The third-order valence-electron chi connectivity index (χ3n) is 11.2. The van der Waals surface area contributed by atoms with Gasteiger partial charge in [0.2, 0.25) is 11.8 Å². The molecule has 0 spiro atoms. The Kier molecular flexibility index (Phi) is 9.93. The first-order chi connectivity index (χ1) is 26.1. The third-order valence-corrected chi connectivity index (χ3v) is 11.2. The van der Waals surface area contributed by atoms with Gasteiger partial charge in [-0.2, -0.15) is 0 Å². The van der Waals surface area contributed by atoms with Crippen molar-refractivity contribution in [3.05, 3.63) is 49.2 Å². The van der Waals surface area contributed by atoms with Crippen LogP contribution in [-0.2, 0) is 19.1 Å². The van der Waals surface area contributed by atoms with Crippen LogP contribution in [0.1, 0.15) is 66.7 Å². The smallest absolute Gasteiger partial charge is 0.408 e. The summed E-state index contributed by atoms with van der Waals surface area (Å²) >= 11 is 0. The molecule has 4 N–H and O–H groups in total. The SMILES string of the molecule is C=C[C@@H]1C[C@]1(NC(=O)[C@@H]1C[C@@H](Oc2cc(-n3ccc(NC(C)C)n3)nc3cc(OC)ccc23)CN1C(=O)C(NC(=O)O[C@@H]1C[C@@H]2C[C@@H]2C1)C(C)(C)C)C(=O)O. The van der Waals surface area contributed by atoms with E-state index in [0.29, 0.717) is 45.9 Å². The Morgan fingerprint density at radius 1 is 1.05 bits per heavy atom. The number of carbonyl (C=O) groups is 4. The number of carboxylic acid groups (broad SMARTS) is 1. The Morgan fingerprint density at radius 3 is 2.44 bits per heavy atom. The number of alkyl carbamates (subject to hydrolysis) is 1. The second kappa shape index (κ2) is 14.4. The molecule has 1 unspecified atom stereocenters. The summed E-state index contributed by atoms with van der Waals surface area (Å²) < 4.78 is 19.5. The monoisotopic (exact) mass is 757 g/mol. The fourth-order valence-corrected chi connectivity index (χ4v) is 8.08. The molecule has 4 fully saturated rings. The maximum absolute atomic E-state index is 14.6. The van der Waals surface area contributed by atoms with Crippen LogP contribution in [0.2, 0.25) is 0 Å². The van der Waals surface area contributed by atoms with Gasteiger partial charge in [-0.15, -0.1) is 11.7 Å². The van der Waals surface area contributed by atoms with E-state index in [0.717, 1.165) is 12.8 Å². The van der Waals surface area contributed by atoms with Gasteiger partial charge in [-0.3, -0.25) is 9.59 Å². The second-order valence-corrected chi connectivity index (χ2v) is 16.8. The maximum Gasteiger partial charge on any atom is 0.408 e. The van der Waals surface area contributed by atoms with E-state index in [1.54, 1.807) is 36.2 Å². The van der Waals surface area contributed by atoms with Crippen molar-refractivity contribution in [1.82, 2.24) is 30.3 Å². The highest BCUT2D eigenvalue weighted by atomic mass is 16.6. The van der Waals surface area contributed by atoms with E-state index in [9.17, 15) is 24.3 Å². The van der Waals surface area contributed by atoms with Crippen molar-refractivity contribution < 1.29 is 38.5 Å². The molecule has 3 amide bonds. The van der Waals surface area contributed by atoms with Crippen molar-refractivity contribution in [2.75, 3.05) is 19.0 Å². The van der Waals surface area contributed by atoms with E-state index in [1.165, 1.54) is 17.4 Å². The zero-order valence-corrected chi connectivity index (χ0v) is 32.2. The predicted octanol–water partition coefficient (Wildman–Crippen LogP) is 4.68. The quantitative estimate of drug-likeness (QED) is 0.178. The first-order valence-corrected chi connectivity index (χ1v) is 19.0. The van der Waals surface area contributed by atoms with E-state index in [2.05, 4.69) is 27.6 Å². The standard InChI is InChI=1S/C40H51N7O8/c1-8-24-19-40(24,37(50)51)44-35(48)30-17-27(20-46(30)36(49)34(39(4,5)6)43-38(52)55-26-14-22-13-23(22)15-26)54-31-18-33(47-12-11-32(45-47)41-21(2)3)42-29-16-25(53-7)9-10-28(29)31/h8-12,16,18,21-24,26-27,30,34H,1,13-15,17,19-20H2,2-7H3,(H,41,45)(H,43,52)(H,44,48)(H,50,51)/t22-,23+,24-,26+,27-,30+,34?,40-/m1/s1. The summed E-state index contributed by atoms with van der Waals surface area (Å²) in [6, 6.07) is 7.00. The largest absolute Gasteiger partial charge is 0.497 e. The molecule has 2 aromatic heterocycles. The van der Waals surface area contributed by atoms with E-state index in [-0.39, 0.29) is 31.5 Å².